The van der Waals surface area contributed by atoms with Gasteiger partial charge in [-0.05, 0) is 12.1 Å². The van der Waals surface area contributed by atoms with E-state index in [4.69, 9.17) is 14.6 Å². The van der Waals surface area contributed by atoms with Gasteiger partial charge >= 0.3 is 5.97 Å². The normalized spacial score (nSPS) is 21.0. The molecule has 1 fully saturated rings. The van der Waals surface area contributed by atoms with Crippen LogP contribution in [0.2, 0.25) is 0 Å². The summed E-state index contributed by atoms with van der Waals surface area (Å²) < 4.78 is 10.4. The van der Waals surface area contributed by atoms with Crippen molar-refractivity contribution in [2.75, 3.05) is 26.9 Å². The molecule has 1 aliphatic rings. The topological polar surface area (TPSA) is 96.3 Å². The Balaban J connectivity index is 1.94. The van der Waals surface area contributed by atoms with Crippen molar-refractivity contribution >= 4 is 11.9 Å². The zero-order valence-electron chi connectivity index (χ0n) is 11.6. The average molecular weight is 295 g/mol. The predicted octanol–water partition coefficient (Wildman–Crippen LogP) is 0.329. The second kappa shape index (κ2) is 6.45. The number of phenolic OH excluding ortho intramolecular Hbond substituents is 1. The van der Waals surface area contributed by atoms with E-state index >= 15 is 0 Å². The Morgan fingerprint density at radius 2 is 2.10 bits per heavy atom. The third-order valence-corrected chi connectivity index (χ3v) is 3.47. The lowest BCUT2D eigenvalue weighted by molar-refractivity contribution is -0.144. The molecular formula is C14H17NO6. The first-order valence-corrected chi connectivity index (χ1v) is 6.47. The molecule has 0 spiro atoms. The monoisotopic (exact) mass is 295 g/mol. The smallest absolute Gasteiger partial charge is 0.311 e. The number of carbonyl (C=O) groups excluding carboxylic acids is 1. The van der Waals surface area contributed by atoms with E-state index in [2.05, 4.69) is 0 Å². The fourth-order valence-electron chi connectivity index (χ4n) is 2.17. The van der Waals surface area contributed by atoms with E-state index in [0.29, 0.717) is 0 Å². The maximum absolute atomic E-state index is 12.1. The molecule has 7 nitrogen and oxygen atoms in total. The SMILES string of the molecule is CN(C(=O)COc1ccccc1O)C1COCC1C(=O)O. The van der Waals surface area contributed by atoms with Crippen molar-refractivity contribution in [2.24, 2.45) is 5.92 Å². The first kappa shape index (κ1) is 15.1. The summed E-state index contributed by atoms with van der Waals surface area (Å²) in [4.78, 5) is 24.5. The molecule has 21 heavy (non-hydrogen) atoms. The van der Waals surface area contributed by atoms with Gasteiger partial charge in [0.25, 0.3) is 5.91 Å². The van der Waals surface area contributed by atoms with E-state index in [-0.39, 0.29) is 37.2 Å². The molecule has 2 rings (SSSR count). The van der Waals surface area contributed by atoms with Crippen molar-refractivity contribution < 1.29 is 29.3 Å². The van der Waals surface area contributed by atoms with Crippen molar-refractivity contribution in [3.8, 4) is 11.5 Å². The number of hydrogen-bond acceptors (Lipinski definition) is 5. The molecule has 7 heteroatoms. The van der Waals surface area contributed by atoms with Gasteiger partial charge in [-0.15, -0.1) is 0 Å². The van der Waals surface area contributed by atoms with Crippen molar-refractivity contribution in [2.45, 2.75) is 6.04 Å². The molecule has 0 radical (unpaired) electrons. The minimum atomic E-state index is -0.987. The number of rotatable bonds is 5. The van der Waals surface area contributed by atoms with Crippen molar-refractivity contribution in [1.29, 1.82) is 0 Å². The van der Waals surface area contributed by atoms with Crippen LogP contribution >= 0.6 is 0 Å². The van der Waals surface area contributed by atoms with Crippen LogP contribution in [0.15, 0.2) is 24.3 Å². The number of carboxylic acids is 1. The molecule has 0 saturated carbocycles. The van der Waals surface area contributed by atoms with Crippen molar-refractivity contribution in [3.05, 3.63) is 24.3 Å². The minimum Gasteiger partial charge on any atom is -0.504 e. The number of benzene rings is 1. The Hall–Kier alpha value is -2.28. The van der Waals surface area contributed by atoms with Crippen LogP contribution < -0.4 is 4.74 Å². The molecule has 0 bridgehead atoms. The van der Waals surface area contributed by atoms with Crippen molar-refractivity contribution in [1.82, 2.24) is 4.90 Å². The quantitative estimate of drug-likeness (QED) is 0.812. The van der Waals surface area contributed by atoms with Crippen LogP contribution in [0.5, 0.6) is 11.5 Å². The molecule has 1 aromatic carbocycles. The Morgan fingerprint density at radius 1 is 1.38 bits per heavy atom. The van der Waals surface area contributed by atoms with Gasteiger partial charge in [0, 0.05) is 7.05 Å². The highest BCUT2D eigenvalue weighted by Gasteiger charge is 2.38. The number of ether oxygens (including phenoxy) is 2. The number of para-hydroxylation sites is 2. The summed E-state index contributed by atoms with van der Waals surface area (Å²) in [6.45, 7) is 0.00462. The molecule has 0 aliphatic carbocycles. The molecule has 1 saturated heterocycles. The predicted molar refractivity (Wildman–Crippen MR) is 72.1 cm³/mol. The number of carbonyl (C=O) groups is 2. The Morgan fingerprint density at radius 3 is 2.76 bits per heavy atom. The summed E-state index contributed by atoms with van der Waals surface area (Å²) in [5, 5.41) is 18.6. The number of phenols is 1. The molecule has 1 heterocycles. The maximum Gasteiger partial charge on any atom is 0.311 e. The minimum absolute atomic E-state index is 0.0550. The summed E-state index contributed by atoms with van der Waals surface area (Å²) in [5.74, 6) is -1.94. The fraction of sp³-hybridized carbons (Fsp3) is 0.429. The van der Waals surface area contributed by atoms with E-state index in [9.17, 15) is 14.7 Å². The Bertz CT molecular complexity index is 532. The molecule has 1 aromatic rings. The highest BCUT2D eigenvalue weighted by Crippen LogP contribution is 2.24. The molecule has 1 amide bonds. The fourth-order valence-corrected chi connectivity index (χ4v) is 2.17. The number of hydrogen-bond donors (Lipinski definition) is 2. The lowest BCUT2D eigenvalue weighted by Crippen LogP contribution is -2.45. The second-order valence-electron chi connectivity index (χ2n) is 4.81. The first-order chi connectivity index (χ1) is 10.0. The summed E-state index contributed by atoms with van der Waals surface area (Å²) in [5.41, 5.74) is 0. The molecule has 2 N–H and O–H groups in total. The summed E-state index contributed by atoms with van der Waals surface area (Å²) in [7, 11) is 1.52. The lowest BCUT2D eigenvalue weighted by atomic mass is 10.0. The van der Waals surface area contributed by atoms with Crippen LogP contribution in [0.1, 0.15) is 0 Å². The van der Waals surface area contributed by atoms with Crippen LogP contribution in [-0.2, 0) is 14.3 Å². The summed E-state index contributed by atoms with van der Waals surface area (Å²) in [6, 6.07) is 5.80. The van der Waals surface area contributed by atoms with Crippen LogP contribution in [0.25, 0.3) is 0 Å². The van der Waals surface area contributed by atoms with Gasteiger partial charge in [0.1, 0.15) is 5.92 Å². The van der Waals surface area contributed by atoms with Crippen LogP contribution in [0.3, 0.4) is 0 Å². The number of aromatic hydroxyl groups is 1. The van der Waals surface area contributed by atoms with E-state index in [1.54, 1.807) is 18.2 Å². The zero-order chi connectivity index (χ0) is 15.4. The van der Waals surface area contributed by atoms with E-state index in [0.717, 1.165) is 0 Å². The molecular weight excluding hydrogens is 278 g/mol. The largest absolute Gasteiger partial charge is 0.504 e. The highest BCUT2D eigenvalue weighted by molar-refractivity contribution is 5.79. The molecule has 1 aliphatic heterocycles. The number of amides is 1. The van der Waals surface area contributed by atoms with Crippen molar-refractivity contribution in [3.63, 3.8) is 0 Å². The van der Waals surface area contributed by atoms with Gasteiger partial charge in [-0.1, -0.05) is 12.1 Å². The van der Waals surface area contributed by atoms with Gasteiger partial charge in [-0.25, -0.2) is 0 Å². The van der Waals surface area contributed by atoms with Crippen LogP contribution in [0, 0.1) is 5.92 Å². The van der Waals surface area contributed by atoms with Gasteiger partial charge < -0.3 is 24.6 Å². The Labute approximate surface area is 121 Å². The molecule has 2 unspecified atom stereocenters. The van der Waals surface area contributed by atoms with Gasteiger partial charge in [0.2, 0.25) is 0 Å². The molecule has 114 valence electrons. The number of carboxylic acid groups (broad SMARTS) is 1. The molecule has 2 atom stereocenters. The summed E-state index contributed by atoms with van der Waals surface area (Å²) >= 11 is 0. The van der Waals surface area contributed by atoms with Crippen LogP contribution in [-0.4, -0.2) is 59.9 Å². The molecule has 0 aromatic heterocycles. The third-order valence-electron chi connectivity index (χ3n) is 3.47. The number of aliphatic carboxylic acids is 1. The van der Waals surface area contributed by atoms with Gasteiger partial charge in [0.05, 0.1) is 19.3 Å². The third kappa shape index (κ3) is 3.43. The van der Waals surface area contributed by atoms with Crippen LogP contribution in [0.4, 0.5) is 0 Å². The van der Waals surface area contributed by atoms with E-state index in [1.165, 1.54) is 18.0 Å². The zero-order valence-corrected chi connectivity index (χ0v) is 11.6. The van der Waals surface area contributed by atoms with E-state index in [1.807, 2.05) is 0 Å². The Kier molecular flexibility index (Phi) is 4.64. The van der Waals surface area contributed by atoms with E-state index < -0.39 is 17.9 Å². The number of likely N-dealkylation sites (N-methyl/N-ethyl adjacent to an activating group) is 1. The first-order valence-electron chi connectivity index (χ1n) is 6.47. The summed E-state index contributed by atoms with van der Waals surface area (Å²) in [6.07, 6.45) is 0. The van der Waals surface area contributed by atoms with Gasteiger partial charge in [-0.2, -0.15) is 0 Å². The lowest BCUT2D eigenvalue weighted by Gasteiger charge is -2.26. The highest BCUT2D eigenvalue weighted by atomic mass is 16.5. The maximum atomic E-state index is 12.1. The number of nitrogens with zero attached hydrogens (tertiary/aromatic N) is 1. The standard InChI is InChI=1S/C14H17NO6/c1-15(10-7-20-6-9(10)14(18)19)13(17)8-21-12-5-3-2-4-11(12)16/h2-5,9-10,16H,6-8H2,1H3,(H,18,19). The van der Waals surface area contributed by atoms with Gasteiger partial charge in [0.15, 0.2) is 18.1 Å². The van der Waals surface area contributed by atoms with Gasteiger partial charge in [-0.3, -0.25) is 9.59 Å². The second-order valence-corrected chi connectivity index (χ2v) is 4.81. The average Bonchev–Trinajstić information content (AvgIpc) is 2.95.